The van der Waals surface area contributed by atoms with Crippen LogP contribution in [0.4, 0.5) is 5.82 Å². The Bertz CT molecular complexity index is 566. The smallest absolute Gasteiger partial charge is 0.171 e. The quantitative estimate of drug-likeness (QED) is 0.879. The van der Waals surface area contributed by atoms with Gasteiger partial charge in [-0.25, -0.2) is 9.97 Å². The molecule has 2 aromatic rings. The molecule has 2 heterocycles. The van der Waals surface area contributed by atoms with E-state index in [-0.39, 0.29) is 0 Å². The van der Waals surface area contributed by atoms with Crippen LogP contribution in [0.1, 0.15) is 31.5 Å². The molecule has 5 heteroatoms. The lowest BCUT2D eigenvalue weighted by atomic mass is 10.2. The van der Waals surface area contributed by atoms with Gasteiger partial charge >= 0.3 is 0 Å². The molecule has 0 aliphatic carbocycles. The molecule has 2 aromatic heterocycles. The highest BCUT2D eigenvalue weighted by Gasteiger charge is 2.12. The van der Waals surface area contributed by atoms with E-state index in [4.69, 9.17) is 11.6 Å². The molecule has 0 bridgehead atoms. The largest absolute Gasteiger partial charge is 0.370 e. The fourth-order valence-corrected chi connectivity index (χ4v) is 2.84. The van der Waals surface area contributed by atoms with Crippen molar-refractivity contribution in [2.24, 2.45) is 0 Å². The van der Waals surface area contributed by atoms with Crippen LogP contribution in [0.2, 0.25) is 4.34 Å². The van der Waals surface area contributed by atoms with Gasteiger partial charge in [-0.3, -0.25) is 0 Å². The van der Waals surface area contributed by atoms with E-state index in [1.165, 1.54) is 11.3 Å². The molecule has 0 radical (unpaired) electrons. The van der Waals surface area contributed by atoms with Gasteiger partial charge in [-0.2, -0.15) is 0 Å². The Morgan fingerprint density at radius 3 is 2.63 bits per heavy atom. The second-order valence-corrected chi connectivity index (χ2v) is 6.07. The standard InChI is InChI=1S/C14H18ClN3S/c1-4-8-16-13-9(3)10(5-2)17-14(18-13)11-6-7-12(15)19-11/h6-7H,4-5,8H2,1-3H3,(H,16,17,18). The molecule has 0 aliphatic heterocycles. The number of anilines is 1. The van der Waals surface area contributed by atoms with Crippen molar-refractivity contribution in [1.29, 1.82) is 0 Å². The van der Waals surface area contributed by atoms with Gasteiger partial charge in [0.15, 0.2) is 5.82 Å². The first kappa shape index (κ1) is 14.3. The topological polar surface area (TPSA) is 37.8 Å². The van der Waals surface area contributed by atoms with Crippen molar-refractivity contribution in [3.8, 4) is 10.7 Å². The number of thiophene rings is 1. The molecular weight excluding hydrogens is 278 g/mol. The SMILES string of the molecule is CCCNc1nc(-c2ccc(Cl)s2)nc(CC)c1C. The number of nitrogens with zero attached hydrogens (tertiary/aromatic N) is 2. The van der Waals surface area contributed by atoms with E-state index >= 15 is 0 Å². The molecule has 0 saturated heterocycles. The number of halogens is 1. The van der Waals surface area contributed by atoms with Crippen molar-refractivity contribution in [3.63, 3.8) is 0 Å². The molecule has 0 unspecified atom stereocenters. The number of aromatic nitrogens is 2. The normalized spacial score (nSPS) is 10.7. The molecule has 0 aromatic carbocycles. The zero-order valence-electron chi connectivity index (χ0n) is 11.5. The summed E-state index contributed by atoms with van der Waals surface area (Å²) >= 11 is 7.50. The summed E-state index contributed by atoms with van der Waals surface area (Å²) in [6, 6.07) is 3.86. The van der Waals surface area contributed by atoms with Crippen LogP contribution in [0.3, 0.4) is 0 Å². The monoisotopic (exact) mass is 295 g/mol. The van der Waals surface area contributed by atoms with Crippen LogP contribution in [0.15, 0.2) is 12.1 Å². The van der Waals surface area contributed by atoms with Crippen molar-refractivity contribution in [1.82, 2.24) is 9.97 Å². The molecule has 0 spiro atoms. The van der Waals surface area contributed by atoms with Gasteiger partial charge in [0.2, 0.25) is 0 Å². The van der Waals surface area contributed by atoms with Crippen LogP contribution in [-0.4, -0.2) is 16.5 Å². The molecule has 3 nitrogen and oxygen atoms in total. The lowest BCUT2D eigenvalue weighted by Crippen LogP contribution is -2.08. The fourth-order valence-electron chi connectivity index (χ4n) is 1.87. The van der Waals surface area contributed by atoms with Crippen LogP contribution >= 0.6 is 22.9 Å². The summed E-state index contributed by atoms with van der Waals surface area (Å²) in [5, 5.41) is 3.37. The fraction of sp³-hybridized carbons (Fsp3) is 0.429. The number of hydrogen-bond donors (Lipinski definition) is 1. The highest BCUT2D eigenvalue weighted by molar-refractivity contribution is 7.19. The minimum Gasteiger partial charge on any atom is -0.370 e. The molecule has 0 saturated carbocycles. The molecule has 102 valence electrons. The van der Waals surface area contributed by atoms with E-state index in [9.17, 15) is 0 Å². The van der Waals surface area contributed by atoms with Crippen molar-refractivity contribution < 1.29 is 0 Å². The predicted molar refractivity (Wildman–Crippen MR) is 83.3 cm³/mol. The Kier molecular flexibility index (Phi) is 4.77. The second kappa shape index (κ2) is 6.35. The van der Waals surface area contributed by atoms with Crippen LogP contribution in [0, 0.1) is 6.92 Å². The summed E-state index contributed by atoms with van der Waals surface area (Å²) in [5.74, 6) is 1.70. The molecule has 19 heavy (non-hydrogen) atoms. The van der Waals surface area contributed by atoms with E-state index in [0.29, 0.717) is 0 Å². The molecule has 0 amide bonds. The zero-order valence-corrected chi connectivity index (χ0v) is 13.0. The second-order valence-electron chi connectivity index (χ2n) is 4.35. The maximum absolute atomic E-state index is 5.99. The Labute approximate surface area is 123 Å². The maximum Gasteiger partial charge on any atom is 0.171 e. The van der Waals surface area contributed by atoms with E-state index in [1.54, 1.807) is 0 Å². The van der Waals surface area contributed by atoms with Crippen LogP contribution in [0.5, 0.6) is 0 Å². The first-order chi connectivity index (χ1) is 9.15. The number of aryl methyl sites for hydroxylation is 1. The minimum absolute atomic E-state index is 0.762. The first-order valence-electron chi connectivity index (χ1n) is 6.52. The predicted octanol–water partition coefficient (Wildman–Crippen LogP) is 4.55. The average molecular weight is 296 g/mol. The van der Waals surface area contributed by atoms with Gasteiger partial charge in [-0.1, -0.05) is 25.4 Å². The lowest BCUT2D eigenvalue weighted by molar-refractivity contribution is 0.937. The first-order valence-corrected chi connectivity index (χ1v) is 7.72. The lowest BCUT2D eigenvalue weighted by Gasteiger charge is -2.12. The van der Waals surface area contributed by atoms with E-state index in [0.717, 1.165) is 51.5 Å². The number of nitrogens with one attached hydrogen (secondary N) is 1. The molecule has 2 rings (SSSR count). The van der Waals surface area contributed by atoms with Crippen LogP contribution in [-0.2, 0) is 6.42 Å². The molecular formula is C14H18ClN3S. The summed E-state index contributed by atoms with van der Waals surface area (Å²) in [4.78, 5) is 10.3. The number of rotatable bonds is 5. The van der Waals surface area contributed by atoms with E-state index in [2.05, 4.69) is 36.1 Å². The summed E-state index contributed by atoms with van der Waals surface area (Å²) in [6.07, 6.45) is 1.98. The van der Waals surface area contributed by atoms with Gasteiger partial charge in [-0.05, 0) is 31.9 Å². The van der Waals surface area contributed by atoms with Gasteiger partial charge in [0.05, 0.1) is 9.21 Å². The van der Waals surface area contributed by atoms with Gasteiger partial charge in [0, 0.05) is 17.8 Å². The third-order valence-corrected chi connectivity index (χ3v) is 4.14. The van der Waals surface area contributed by atoms with Crippen molar-refractivity contribution in [2.45, 2.75) is 33.6 Å². The Balaban J connectivity index is 2.44. The van der Waals surface area contributed by atoms with E-state index in [1.807, 2.05) is 12.1 Å². The highest BCUT2D eigenvalue weighted by Crippen LogP contribution is 2.30. The van der Waals surface area contributed by atoms with Crippen molar-refractivity contribution in [3.05, 3.63) is 27.7 Å². The minimum atomic E-state index is 0.762. The third kappa shape index (κ3) is 3.25. The Hall–Kier alpha value is -1.13. The van der Waals surface area contributed by atoms with Gasteiger partial charge in [0.1, 0.15) is 5.82 Å². The van der Waals surface area contributed by atoms with Crippen molar-refractivity contribution in [2.75, 3.05) is 11.9 Å². The van der Waals surface area contributed by atoms with Gasteiger partial charge < -0.3 is 5.32 Å². The summed E-state index contributed by atoms with van der Waals surface area (Å²) in [5.41, 5.74) is 2.23. The zero-order chi connectivity index (χ0) is 13.8. The average Bonchev–Trinajstić information content (AvgIpc) is 2.84. The molecule has 0 fully saturated rings. The van der Waals surface area contributed by atoms with Gasteiger partial charge in [-0.15, -0.1) is 11.3 Å². The molecule has 0 atom stereocenters. The maximum atomic E-state index is 5.99. The Morgan fingerprint density at radius 2 is 2.05 bits per heavy atom. The van der Waals surface area contributed by atoms with Crippen LogP contribution in [0.25, 0.3) is 10.7 Å². The third-order valence-electron chi connectivity index (χ3n) is 2.92. The highest BCUT2D eigenvalue weighted by atomic mass is 35.5. The summed E-state index contributed by atoms with van der Waals surface area (Å²) < 4.78 is 0.764. The van der Waals surface area contributed by atoms with Gasteiger partial charge in [0.25, 0.3) is 0 Å². The van der Waals surface area contributed by atoms with Crippen molar-refractivity contribution >= 4 is 28.8 Å². The van der Waals surface area contributed by atoms with Crippen LogP contribution < -0.4 is 5.32 Å². The summed E-state index contributed by atoms with van der Waals surface area (Å²) in [7, 11) is 0. The number of hydrogen-bond acceptors (Lipinski definition) is 4. The molecule has 0 aliphatic rings. The van der Waals surface area contributed by atoms with E-state index < -0.39 is 0 Å². The molecule has 1 N–H and O–H groups in total. The summed E-state index contributed by atoms with van der Waals surface area (Å²) in [6.45, 7) is 7.25. The Morgan fingerprint density at radius 1 is 1.26 bits per heavy atom.